The zero-order valence-corrected chi connectivity index (χ0v) is 12.0. The van der Waals surface area contributed by atoms with Crippen LogP contribution in [0, 0.1) is 5.82 Å². The van der Waals surface area contributed by atoms with Gasteiger partial charge in [-0.15, -0.1) is 16.4 Å². The van der Waals surface area contributed by atoms with E-state index in [4.69, 9.17) is 0 Å². The molecule has 0 atom stereocenters. The van der Waals surface area contributed by atoms with Gasteiger partial charge in [-0.3, -0.25) is 5.32 Å². The lowest BCUT2D eigenvalue weighted by Gasteiger charge is -1.99. The largest absolute Gasteiger partial charge is 0.291 e. The fourth-order valence-corrected chi connectivity index (χ4v) is 2.85. The van der Waals surface area contributed by atoms with E-state index in [1.165, 1.54) is 23.5 Å². The van der Waals surface area contributed by atoms with Crippen molar-refractivity contribution in [2.24, 2.45) is 0 Å². The lowest BCUT2D eigenvalue weighted by Crippen LogP contribution is -1.98. The molecule has 1 N–H and O–H groups in total. The van der Waals surface area contributed by atoms with Crippen LogP contribution in [0.4, 0.5) is 16.3 Å². The maximum atomic E-state index is 13.0. The number of benzene rings is 1. The van der Waals surface area contributed by atoms with Gasteiger partial charge in [0.1, 0.15) is 5.82 Å². The van der Waals surface area contributed by atoms with Crippen molar-refractivity contribution in [2.45, 2.75) is 0 Å². The minimum atomic E-state index is -0.266. The van der Waals surface area contributed by atoms with E-state index >= 15 is 0 Å². The Hall–Kier alpha value is -2.87. The number of hydrogen-bond donors (Lipinski definition) is 1. The number of aromatic nitrogens is 5. The van der Waals surface area contributed by atoms with Gasteiger partial charge in [0.15, 0.2) is 0 Å². The first-order valence-electron chi connectivity index (χ1n) is 6.44. The number of rotatable bonds is 3. The summed E-state index contributed by atoms with van der Waals surface area (Å²) >= 11 is 1.46. The smallest absolute Gasteiger partial charge is 0.250 e. The van der Waals surface area contributed by atoms with Crippen molar-refractivity contribution in [3.8, 4) is 11.3 Å². The molecule has 0 spiro atoms. The van der Waals surface area contributed by atoms with Crippen molar-refractivity contribution in [3.63, 3.8) is 0 Å². The summed E-state index contributed by atoms with van der Waals surface area (Å²) in [4.78, 5) is 13.2. The van der Waals surface area contributed by atoms with E-state index in [1.54, 1.807) is 35.1 Å². The van der Waals surface area contributed by atoms with E-state index in [0.29, 0.717) is 11.9 Å². The number of hydrogen-bond acceptors (Lipinski definition) is 6. The van der Waals surface area contributed by atoms with Crippen LogP contribution in [-0.2, 0) is 0 Å². The number of halogens is 1. The van der Waals surface area contributed by atoms with Crippen LogP contribution in [0.5, 0.6) is 0 Å². The molecule has 4 aromatic rings. The van der Waals surface area contributed by atoms with Crippen molar-refractivity contribution < 1.29 is 4.39 Å². The number of nitrogens with one attached hydrogen (secondary N) is 1. The molecule has 6 nitrogen and oxygen atoms in total. The van der Waals surface area contributed by atoms with Crippen LogP contribution in [0.2, 0.25) is 0 Å². The fraction of sp³-hybridized carbons (Fsp3) is 0. The van der Waals surface area contributed by atoms with Gasteiger partial charge in [-0.05, 0) is 30.3 Å². The molecule has 4 rings (SSSR count). The summed E-state index contributed by atoms with van der Waals surface area (Å²) in [7, 11) is 0. The minimum Gasteiger partial charge on any atom is -0.291 e. The van der Waals surface area contributed by atoms with Gasteiger partial charge in [0, 0.05) is 23.3 Å². The van der Waals surface area contributed by atoms with Crippen LogP contribution in [0.25, 0.3) is 16.2 Å². The molecule has 8 heteroatoms. The molecule has 0 aliphatic heterocycles. The second-order valence-electron chi connectivity index (χ2n) is 4.46. The molecule has 108 valence electrons. The van der Waals surface area contributed by atoms with Crippen molar-refractivity contribution in [1.29, 1.82) is 0 Å². The van der Waals surface area contributed by atoms with Gasteiger partial charge in [0.2, 0.25) is 10.9 Å². The molecule has 1 aromatic carbocycles. The summed E-state index contributed by atoms with van der Waals surface area (Å²) in [5.74, 6) is 0.586. The second-order valence-corrected chi connectivity index (χ2v) is 5.29. The highest BCUT2D eigenvalue weighted by molar-refractivity contribution is 7.15. The second kappa shape index (κ2) is 5.15. The number of nitrogens with zero attached hydrogens (tertiary/aromatic N) is 5. The lowest BCUT2D eigenvalue weighted by atomic mass is 10.2. The van der Waals surface area contributed by atoms with Gasteiger partial charge < -0.3 is 0 Å². The standard InChI is InChI=1S/C14H9FN6S/c15-10-4-2-9(3-5-10)11-8-22-14-19-13(20-21(11)14)18-12-16-6-1-7-17-12/h1-8H,(H,16,17,18,20). The molecule has 0 bridgehead atoms. The van der Waals surface area contributed by atoms with Crippen LogP contribution >= 0.6 is 11.3 Å². The number of fused-ring (bicyclic) bond motifs is 1. The monoisotopic (exact) mass is 312 g/mol. The van der Waals surface area contributed by atoms with Crippen LogP contribution < -0.4 is 5.32 Å². The fourth-order valence-electron chi connectivity index (χ4n) is 2.02. The maximum absolute atomic E-state index is 13.0. The Morgan fingerprint density at radius 1 is 1.05 bits per heavy atom. The SMILES string of the molecule is Fc1ccc(-c2csc3nc(Nc4ncccn4)nn23)cc1. The topological polar surface area (TPSA) is 68.0 Å². The summed E-state index contributed by atoms with van der Waals surface area (Å²) in [6, 6.07) is 8.01. The van der Waals surface area contributed by atoms with Crippen molar-refractivity contribution in [3.05, 3.63) is 53.9 Å². The third-order valence-corrected chi connectivity index (χ3v) is 3.83. The van der Waals surface area contributed by atoms with Gasteiger partial charge in [-0.25, -0.2) is 18.9 Å². The zero-order valence-electron chi connectivity index (χ0n) is 11.1. The molecule has 0 amide bonds. The van der Waals surface area contributed by atoms with E-state index in [2.05, 4.69) is 25.4 Å². The Kier molecular flexibility index (Phi) is 3.01. The summed E-state index contributed by atoms with van der Waals surface area (Å²) in [6.07, 6.45) is 3.27. The van der Waals surface area contributed by atoms with Crippen molar-refractivity contribution >= 4 is 28.2 Å². The van der Waals surface area contributed by atoms with E-state index in [0.717, 1.165) is 16.2 Å². The van der Waals surface area contributed by atoms with E-state index < -0.39 is 0 Å². The first-order valence-corrected chi connectivity index (χ1v) is 7.32. The molecule has 22 heavy (non-hydrogen) atoms. The molecule has 3 heterocycles. The predicted octanol–water partition coefficient (Wildman–Crippen LogP) is 3.13. The lowest BCUT2D eigenvalue weighted by molar-refractivity contribution is 0.628. The van der Waals surface area contributed by atoms with Gasteiger partial charge in [-0.1, -0.05) is 0 Å². The summed E-state index contributed by atoms with van der Waals surface area (Å²) in [5.41, 5.74) is 1.73. The molecule has 0 saturated carbocycles. The molecule has 3 aromatic heterocycles. The van der Waals surface area contributed by atoms with Gasteiger partial charge in [0.05, 0.1) is 5.69 Å². The van der Waals surface area contributed by atoms with Gasteiger partial charge >= 0.3 is 0 Å². The Balaban J connectivity index is 1.71. The van der Waals surface area contributed by atoms with Crippen molar-refractivity contribution in [2.75, 3.05) is 5.32 Å². The first-order chi connectivity index (χ1) is 10.8. The average Bonchev–Trinajstić information content (AvgIpc) is 3.09. The number of anilines is 2. The van der Waals surface area contributed by atoms with Crippen LogP contribution in [-0.4, -0.2) is 24.6 Å². The quantitative estimate of drug-likeness (QED) is 0.629. The van der Waals surface area contributed by atoms with Crippen LogP contribution in [0.3, 0.4) is 0 Å². The Labute approximate surface area is 128 Å². The van der Waals surface area contributed by atoms with Crippen LogP contribution in [0.1, 0.15) is 0 Å². The summed E-state index contributed by atoms with van der Waals surface area (Å²) < 4.78 is 14.7. The van der Waals surface area contributed by atoms with Crippen molar-refractivity contribution in [1.82, 2.24) is 24.6 Å². The average molecular weight is 312 g/mol. The van der Waals surface area contributed by atoms with Crippen LogP contribution in [0.15, 0.2) is 48.1 Å². The normalized spacial score (nSPS) is 11.0. The molecule has 0 saturated heterocycles. The molecule has 0 unspecified atom stereocenters. The Bertz CT molecular complexity index is 916. The van der Waals surface area contributed by atoms with Gasteiger partial charge in [0.25, 0.3) is 5.95 Å². The Morgan fingerprint density at radius 2 is 1.82 bits per heavy atom. The molecule has 0 fully saturated rings. The predicted molar refractivity (Wildman–Crippen MR) is 81.6 cm³/mol. The molecule has 0 aliphatic carbocycles. The minimum absolute atomic E-state index is 0.266. The highest BCUT2D eigenvalue weighted by atomic mass is 32.1. The highest BCUT2D eigenvalue weighted by Gasteiger charge is 2.12. The number of thiazole rings is 1. The van der Waals surface area contributed by atoms with E-state index in [-0.39, 0.29) is 5.82 Å². The maximum Gasteiger partial charge on any atom is 0.250 e. The third kappa shape index (κ3) is 2.29. The van der Waals surface area contributed by atoms with Gasteiger partial charge in [-0.2, -0.15) is 4.98 Å². The molecular weight excluding hydrogens is 303 g/mol. The zero-order chi connectivity index (χ0) is 14.9. The third-order valence-electron chi connectivity index (χ3n) is 3.01. The van der Waals surface area contributed by atoms with E-state index in [1.807, 2.05) is 5.38 Å². The van der Waals surface area contributed by atoms with E-state index in [9.17, 15) is 4.39 Å². The summed E-state index contributed by atoms with van der Waals surface area (Å²) in [6.45, 7) is 0. The summed E-state index contributed by atoms with van der Waals surface area (Å²) in [5, 5.41) is 9.28. The molecule has 0 radical (unpaired) electrons. The Morgan fingerprint density at radius 3 is 2.59 bits per heavy atom. The first kappa shape index (κ1) is 12.8. The molecule has 0 aliphatic rings. The highest BCUT2D eigenvalue weighted by Crippen LogP contribution is 2.26. The molecular formula is C14H9FN6S.